The van der Waals surface area contributed by atoms with Crippen molar-refractivity contribution in [2.75, 3.05) is 13.2 Å². The fourth-order valence-corrected chi connectivity index (χ4v) is 2.97. The minimum absolute atomic E-state index is 0.0164. The summed E-state index contributed by atoms with van der Waals surface area (Å²) in [5.74, 6) is -0.149. The number of hydrogen-bond acceptors (Lipinski definition) is 5. The van der Waals surface area contributed by atoms with Gasteiger partial charge in [0.25, 0.3) is 0 Å². The maximum Gasteiger partial charge on any atom is 0.416 e. The van der Waals surface area contributed by atoms with Gasteiger partial charge in [-0.15, -0.1) is 0 Å². The molecule has 2 N–H and O–H groups in total. The van der Waals surface area contributed by atoms with Crippen molar-refractivity contribution in [1.29, 1.82) is 0 Å². The number of carbonyl (C=O) groups excluding carboxylic acids is 1. The first-order valence-corrected chi connectivity index (χ1v) is 10.1. The molecule has 0 aliphatic carbocycles. The van der Waals surface area contributed by atoms with Crippen LogP contribution in [0.15, 0.2) is 0 Å². The van der Waals surface area contributed by atoms with Gasteiger partial charge in [0.15, 0.2) is 12.2 Å². The van der Waals surface area contributed by atoms with Gasteiger partial charge in [0.05, 0.1) is 12.2 Å². The van der Waals surface area contributed by atoms with E-state index in [4.69, 9.17) is 9.47 Å². The summed E-state index contributed by atoms with van der Waals surface area (Å²) >= 11 is 0. The number of ketones is 1. The Hall–Kier alpha value is -0.910. The molecule has 0 aromatic rings. The van der Waals surface area contributed by atoms with E-state index < -0.39 is 36.8 Å². The van der Waals surface area contributed by atoms with Crippen molar-refractivity contribution in [2.45, 2.75) is 102 Å². The van der Waals surface area contributed by atoms with Gasteiger partial charge in [-0.05, 0) is 39.5 Å². The highest BCUT2D eigenvalue weighted by Crippen LogP contribution is 2.27. The molecule has 30 heavy (non-hydrogen) atoms. The molecule has 0 saturated carbocycles. The lowest BCUT2D eigenvalue weighted by Crippen LogP contribution is -2.41. The molecular formula is C19H32F6O5. The van der Waals surface area contributed by atoms with Crippen LogP contribution in [0.2, 0.25) is 0 Å². The van der Waals surface area contributed by atoms with Crippen LogP contribution in [0, 0.1) is 0 Å². The van der Waals surface area contributed by atoms with E-state index in [1.807, 2.05) is 0 Å². The minimum Gasteiger partial charge on any atom is -0.381 e. The number of Topliss-reactive ketones (excluding diaryl/α,β-unsaturated/α-hetero) is 1. The average molecular weight is 454 g/mol. The standard InChI is InChI=1S/C19H32F6O5/c1-3-29-14(16(27)18(20,21)22)11-7-5-9-13(26)10-6-8-12-15(30-4-2)17(28)19(23,24)25/h14-17,27-28H,3-12H2,1-2H3/t14-,15-,16?,17?/m0/s1. The Morgan fingerprint density at radius 2 is 1.07 bits per heavy atom. The predicted octanol–water partition coefficient (Wildman–Crippen LogP) is 4.33. The van der Waals surface area contributed by atoms with Crippen molar-refractivity contribution >= 4 is 5.78 Å². The Morgan fingerprint density at radius 3 is 1.33 bits per heavy atom. The summed E-state index contributed by atoms with van der Waals surface area (Å²) in [5, 5.41) is 18.6. The SMILES string of the molecule is CCO[C@@H](CCCCC(=O)CCCC[C@H](OCC)C(O)C(F)(F)F)C(O)C(F)(F)F. The van der Waals surface area contributed by atoms with Crippen molar-refractivity contribution in [3.8, 4) is 0 Å². The number of rotatable bonds is 16. The molecule has 180 valence electrons. The third-order valence-electron chi connectivity index (χ3n) is 4.53. The monoisotopic (exact) mass is 454 g/mol. The number of aliphatic hydroxyl groups excluding tert-OH is 2. The summed E-state index contributed by atoms with van der Waals surface area (Å²) in [4.78, 5) is 11.8. The van der Waals surface area contributed by atoms with Crippen molar-refractivity contribution in [2.24, 2.45) is 0 Å². The molecule has 0 saturated heterocycles. The third-order valence-corrected chi connectivity index (χ3v) is 4.53. The largest absolute Gasteiger partial charge is 0.416 e. The number of ether oxygens (including phenoxy) is 2. The van der Waals surface area contributed by atoms with Gasteiger partial charge >= 0.3 is 12.4 Å². The summed E-state index contributed by atoms with van der Waals surface area (Å²) in [7, 11) is 0. The number of carbonyl (C=O) groups is 1. The van der Waals surface area contributed by atoms with E-state index in [0.717, 1.165) is 0 Å². The normalized spacial score (nSPS) is 16.9. The zero-order chi connectivity index (χ0) is 23.4. The van der Waals surface area contributed by atoms with E-state index in [2.05, 4.69) is 0 Å². The zero-order valence-electron chi connectivity index (χ0n) is 17.3. The highest BCUT2D eigenvalue weighted by molar-refractivity contribution is 5.78. The Morgan fingerprint density at radius 1 is 0.733 bits per heavy atom. The average Bonchev–Trinajstić information content (AvgIpc) is 2.64. The molecule has 5 nitrogen and oxygen atoms in total. The lowest BCUT2D eigenvalue weighted by Gasteiger charge is -2.24. The quantitative estimate of drug-likeness (QED) is 0.268. The predicted molar refractivity (Wildman–Crippen MR) is 96.9 cm³/mol. The second kappa shape index (κ2) is 14.2. The summed E-state index contributed by atoms with van der Waals surface area (Å²) in [5.41, 5.74) is 0. The van der Waals surface area contributed by atoms with Crippen LogP contribution < -0.4 is 0 Å². The first kappa shape index (κ1) is 29.1. The van der Waals surface area contributed by atoms with E-state index in [9.17, 15) is 41.4 Å². The van der Waals surface area contributed by atoms with Gasteiger partial charge in [-0.1, -0.05) is 12.8 Å². The van der Waals surface area contributed by atoms with Crippen LogP contribution in [-0.4, -0.2) is 66.0 Å². The van der Waals surface area contributed by atoms with Crippen LogP contribution in [0.3, 0.4) is 0 Å². The van der Waals surface area contributed by atoms with Crippen molar-refractivity contribution in [3.63, 3.8) is 0 Å². The molecule has 0 heterocycles. The fourth-order valence-electron chi connectivity index (χ4n) is 2.97. The molecule has 0 amide bonds. The summed E-state index contributed by atoms with van der Waals surface area (Å²) in [6.07, 6.45) is -16.2. The molecule has 0 aliphatic heterocycles. The van der Waals surface area contributed by atoms with E-state index in [1.54, 1.807) is 0 Å². The highest BCUT2D eigenvalue weighted by atomic mass is 19.4. The Bertz CT molecular complexity index is 429. The molecule has 0 aliphatic rings. The van der Waals surface area contributed by atoms with Gasteiger partial charge in [-0.25, -0.2) is 0 Å². The van der Waals surface area contributed by atoms with Gasteiger partial charge < -0.3 is 19.7 Å². The second-order valence-electron chi connectivity index (χ2n) is 6.99. The lowest BCUT2D eigenvalue weighted by atomic mass is 10.0. The third kappa shape index (κ3) is 12.1. The number of halogens is 6. The highest BCUT2D eigenvalue weighted by Gasteiger charge is 2.44. The smallest absolute Gasteiger partial charge is 0.381 e. The van der Waals surface area contributed by atoms with Crippen molar-refractivity contribution in [3.05, 3.63) is 0 Å². The van der Waals surface area contributed by atoms with Gasteiger partial charge in [0.1, 0.15) is 5.78 Å². The van der Waals surface area contributed by atoms with E-state index in [1.165, 1.54) is 13.8 Å². The number of hydrogen-bond donors (Lipinski definition) is 2. The fraction of sp³-hybridized carbons (Fsp3) is 0.947. The van der Waals surface area contributed by atoms with Gasteiger partial charge in [-0.3, -0.25) is 4.79 Å². The molecule has 0 bridgehead atoms. The first-order chi connectivity index (χ1) is 13.8. The van der Waals surface area contributed by atoms with Crippen LogP contribution in [0.25, 0.3) is 0 Å². The number of aliphatic hydroxyl groups is 2. The van der Waals surface area contributed by atoms with Crippen LogP contribution >= 0.6 is 0 Å². The van der Waals surface area contributed by atoms with E-state index in [0.29, 0.717) is 12.8 Å². The van der Waals surface area contributed by atoms with Gasteiger partial charge in [-0.2, -0.15) is 26.3 Å². The van der Waals surface area contributed by atoms with Crippen LogP contribution in [-0.2, 0) is 14.3 Å². The van der Waals surface area contributed by atoms with Crippen LogP contribution in [0.4, 0.5) is 26.3 Å². The number of alkyl halides is 6. The van der Waals surface area contributed by atoms with Gasteiger partial charge in [0.2, 0.25) is 0 Å². The zero-order valence-corrected chi connectivity index (χ0v) is 17.3. The lowest BCUT2D eigenvalue weighted by molar-refractivity contribution is -0.237. The Labute approximate surface area is 172 Å². The van der Waals surface area contributed by atoms with Crippen LogP contribution in [0.1, 0.15) is 65.2 Å². The Balaban J connectivity index is 4.17. The molecule has 0 rings (SSSR count). The molecule has 0 radical (unpaired) electrons. The molecule has 4 atom stereocenters. The van der Waals surface area contributed by atoms with Crippen molar-refractivity contribution in [1.82, 2.24) is 0 Å². The van der Waals surface area contributed by atoms with Crippen LogP contribution in [0.5, 0.6) is 0 Å². The molecule has 0 spiro atoms. The summed E-state index contributed by atoms with van der Waals surface area (Å²) in [6.45, 7) is 3.07. The Kier molecular flexibility index (Phi) is 13.8. The first-order valence-electron chi connectivity index (χ1n) is 10.1. The van der Waals surface area contributed by atoms with Gasteiger partial charge in [0, 0.05) is 26.1 Å². The summed E-state index contributed by atoms with van der Waals surface area (Å²) in [6, 6.07) is 0. The minimum atomic E-state index is -4.78. The maximum absolute atomic E-state index is 12.6. The van der Waals surface area contributed by atoms with E-state index >= 15 is 0 Å². The second-order valence-corrected chi connectivity index (χ2v) is 6.99. The molecule has 0 fully saturated rings. The maximum atomic E-state index is 12.6. The molecule has 2 unspecified atom stereocenters. The molecular weight excluding hydrogens is 422 g/mol. The van der Waals surface area contributed by atoms with Crippen molar-refractivity contribution < 1.29 is 50.8 Å². The molecule has 0 aromatic heterocycles. The topological polar surface area (TPSA) is 76.0 Å². The molecule has 0 aromatic carbocycles. The van der Waals surface area contributed by atoms with E-state index in [-0.39, 0.29) is 57.5 Å². The molecule has 11 heteroatoms. The number of unbranched alkanes of at least 4 members (excludes halogenated alkanes) is 2. The summed E-state index contributed by atoms with van der Waals surface area (Å²) < 4.78 is 85.4.